The van der Waals surface area contributed by atoms with Gasteiger partial charge in [0.15, 0.2) is 5.82 Å². The van der Waals surface area contributed by atoms with Crippen LogP contribution in [0.2, 0.25) is 0 Å². The summed E-state index contributed by atoms with van der Waals surface area (Å²) in [5, 5.41) is 4.30. The number of methoxy groups -OCH3 is 2. The van der Waals surface area contributed by atoms with Crippen LogP contribution < -0.4 is 4.74 Å². The van der Waals surface area contributed by atoms with Gasteiger partial charge in [-0.15, -0.1) is 5.10 Å². The lowest BCUT2D eigenvalue weighted by Gasteiger charge is -2.09. The molecule has 2 aromatic rings. The van der Waals surface area contributed by atoms with Crippen LogP contribution >= 0.6 is 0 Å². The van der Waals surface area contributed by atoms with Gasteiger partial charge in [0.2, 0.25) is 0 Å². The van der Waals surface area contributed by atoms with Crippen molar-refractivity contribution in [3.05, 3.63) is 29.8 Å². The Morgan fingerprint density at radius 1 is 1.17 bits per heavy atom. The molecular formula is C13H17N3O2. The zero-order chi connectivity index (χ0) is 13.1. The molecule has 96 valence electrons. The van der Waals surface area contributed by atoms with Crippen LogP contribution in [0.3, 0.4) is 0 Å². The molecule has 1 aromatic carbocycles. The zero-order valence-corrected chi connectivity index (χ0v) is 11.0. The molecule has 1 heterocycles. The highest BCUT2D eigenvalue weighted by Crippen LogP contribution is 2.22. The van der Waals surface area contributed by atoms with Crippen LogP contribution in [0.15, 0.2) is 24.3 Å². The summed E-state index contributed by atoms with van der Waals surface area (Å²) in [6.07, 6.45) is 0.0882. The maximum Gasteiger partial charge on any atom is 0.314 e. The molecule has 0 amide bonds. The van der Waals surface area contributed by atoms with E-state index >= 15 is 0 Å². The van der Waals surface area contributed by atoms with E-state index < -0.39 is 0 Å². The molecule has 0 saturated carbocycles. The number of hydrogen-bond donors (Lipinski definition) is 0. The normalized spacial score (nSPS) is 12.4. The average Bonchev–Trinajstić information content (AvgIpc) is 2.79. The summed E-state index contributed by atoms with van der Waals surface area (Å²) < 4.78 is 12.0. The van der Waals surface area contributed by atoms with E-state index in [1.54, 1.807) is 25.9 Å². The standard InChI is InChI=1S/C13H17N3O2/c1-9(17-3)10-5-7-11(8-6-10)12-14-13(18-4)16(2)15-12/h5-9H,1-4H3. The molecular weight excluding hydrogens is 230 g/mol. The number of aromatic nitrogens is 3. The fourth-order valence-electron chi connectivity index (χ4n) is 1.71. The smallest absolute Gasteiger partial charge is 0.314 e. The molecule has 0 aliphatic heterocycles. The Morgan fingerprint density at radius 3 is 2.33 bits per heavy atom. The highest BCUT2D eigenvalue weighted by molar-refractivity contribution is 5.55. The average molecular weight is 247 g/mol. The lowest BCUT2D eigenvalue weighted by molar-refractivity contribution is 0.119. The van der Waals surface area contributed by atoms with E-state index in [4.69, 9.17) is 9.47 Å². The Labute approximate surface area is 106 Å². The lowest BCUT2D eigenvalue weighted by Crippen LogP contribution is -1.95. The highest BCUT2D eigenvalue weighted by Gasteiger charge is 2.10. The van der Waals surface area contributed by atoms with Crippen LogP contribution in [0.4, 0.5) is 0 Å². The Hall–Kier alpha value is -1.88. The first-order chi connectivity index (χ1) is 8.65. The number of rotatable bonds is 4. The molecule has 1 atom stereocenters. The molecule has 0 bridgehead atoms. The predicted octanol–water partition coefficient (Wildman–Crippen LogP) is 2.20. The van der Waals surface area contributed by atoms with Crippen LogP contribution in [0.5, 0.6) is 6.01 Å². The summed E-state index contributed by atoms with van der Waals surface area (Å²) in [7, 11) is 5.08. The van der Waals surface area contributed by atoms with Gasteiger partial charge in [-0.3, -0.25) is 0 Å². The van der Waals surface area contributed by atoms with Crippen molar-refractivity contribution in [1.29, 1.82) is 0 Å². The minimum Gasteiger partial charge on any atom is -0.467 e. The van der Waals surface area contributed by atoms with Crippen molar-refractivity contribution in [3.8, 4) is 17.4 Å². The third-order valence-electron chi connectivity index (χ3n) is 2.90. The van der Waals surface area contributed by atoms with E-state index in [1.165, 1.54) is 0 Å². The van der Waals surface area contributed by atoms with Crippen LogP contribution in [0.25, 0.3) is 11.4 Å². The first-order valence-corrected chi connectivity index (χ1v) is 5.74. The van der Waals surface area contributed by atoms with E-state index in [-0.39, 0.29) is 6.10 Å². The van der Waals surface area contributed by atoms with Gasteiger partial charge < -0.3 is 9.47 Å². The maximum atomic E-state index is 5.27. The van der Waals surface area contributed by atoms with Gasteiger partial charge in [0, 0.05) is 19.7 Å². The SMILES string of the molecule is COc1nc(-c2ccc(C(C)OC)cc2)nn1C. The topological polar surface area (TPSA) is 49.2 Å². The van der Waals surface area contributed by atoms with E-state index in [1.807, 2.05) is 31.2 Å². The van der Waals surface area contributed by atoms with Gasteiger partial charge in [-0.05, 0) is 12.5 Å². The predicted molar refractivity (Wildman–Crippen MR) is 68.4 cm³/mol. The monoisotopic (exact) mass is 247 g/mol. The molecule has 2 rings (SSSR count). The van der Waals surface area contributed by atoms with Gasteiger partial charge in [0.05, 0.1) is 13.2 Å². The molecule has 1 aromatic heterocycles. The molecule has 0 N–H and O–H groups in total. The van der Waals surface area contributed by atoms with Crippen molar-refractivity contribution in [2.24, 2.45) is 7.05 Å². The van der Waals surface area contributed by atoms with Gasteiger partial charge in [0.25, 0.3) is 0 Å². The zero-order valence-electron chi connectivity index (χ0n) is 11.0. The fourth-order valence-corrected chi connectivity index (χ4v) is 1.71. The fraction of sp³-hybridized carbons (Fsp3) is 0.385. The van der Waals surface area contributed by atoms with Crippen LogP contribution in [-0.4, -0.2) is 29.0 Å². The van der Waals surface area contributed by atoms with E-state index in [2.05, 4.69) is 10.1 Å². The minimum atomic E-state index is 0.0882. The van der Waals surface area contributed by atoms with Crippen molar-refractivity contribution in [1.82, 2.24) is 14.8 Å². The molecule has 1 unspecified atom stereocenters. The van der Waals surface area contributed by atoms with Crippen molar-refractivity contribution >= 4 is 0 Å². The quantitative estimate of drug-likeness (QED) is 0.831. The first-order valence-electron chi connectivity index (χ1n) is 5.74. The molecule has 0 aliphatic rings. The summed E-state index contributed by atoms with van der Waals surface area (Å²) in [6, 6.07) is 8.51. The number of benzene rings is 1. The molecule has 0 radical (unpaired) electrons. The van der Waals surface area contributed by atoms with Crippen LogP contribution in [0.1, 0.15) is 18.6 Å². The number of aryl methyl sites for hydroxylation is 1. The van der Waals surface area contributed by atoms with Crippen LogP contribution in [-0.2, 0) is 11.8 Å². The Bertz CT molecular complexity index is 520. The Morgan fingerprint density at radius 2 is 1.83 bits per heavy atom. The van der Waals surface area contributed by atoms with Gasteiger partial charge in [0.1, 0.15) is 0 Å². The van der Waals surface area contributed by atoms with E-state index in [0.29, 0.717) is 11.8 Å². The van der Waals surface area contributed by atoms with Gasteiger partial charge in [-0.25, -0.2) is 4.68 Å². The molecule has 18 heavy (non-hydrogen) atoms. The molecule has 0 fully saturated rings. The van der Waals surface area contributed by atoms with Gasteiger partial charge in [-0.1, -0.05) is 24.3 Å². The third kappa shape index (κ3) is 2.36. The van der Waals surface area contributed by atoms with Crippen molar-refractivity contribution in [2.45, 2.75) is 13.0 Å². The molecule has 5 nitrogen and oxygen atoms in total. The van der Waals surface area contributed by atoms with Gasteiger partial charge >= 0.3 is 6.01 Å². The number of hydrogen-bond acceptors (Lipinski definition) is 4. The summed E-state index contributed by atoms with van der Waals surface area (Å²) in [4.78, 5) is 4.29. The first kappa shape index (κ1) is 12.6. The van der Waals surface area contributed by atoms with Crippen LogP contribution in [0, 0.1) is 0 Å². The summed E-state index contributed by atoms with van der Waals surface area (Å²) in [6.45, 7) is 2.01. The largest absolute Gasteiger partial charge is 0.467 e. The van der Waals surface area contributed by atoms with E-state index in [9.17, 15) is 0 Å². The number of nitrogens with zero attached hydrogens (tertiary/aromatic N) is 3. The van der Waals surface area contributed by atoms with Crippen molar-refractivity contribution < 1.29 is 9.47 Å². The second kappa shape index (κ2) is 5.18. The van der Waals surface area contributed by atoms with Gasteiger partial charge in [-0.2, -0.15) is 4.98 Å². The summed E-state index contributed by atoms with van der Waals surface area (Å²) in [5.74, 6) is 0.658. The summed E-state index contributed by atoms with van der Waals surface area (Å²) in [5.41, 5.74) is 2.09. The van der Waals surface area contributed by atoms with Crippen molar-refractivity contribution in [3.63, 3.8) is 0 Å². The second-order valence-electron chi connectivity index (χ2n) is 4.05. The minimum absolute atomic E-state index is 0.0882. The third-order valence-corrected chi connectivity index (χ3v) is 2.90. The molecule has 0 aliphatic carbocycles. The molecule has 5 heteroatoms. The highest BCUT2D eigenvalue weighted by atomic mass is 16.5. The van der Waals surface area contributed by atoms with Crippen molar-refractivity contribution in [2.75, 3.05) is 14.2 Å². The number of ether oxygens (including phenoxy) is 2. The lowest BCUT2D eigenvalue weighted by atomic mass is 10.1. The molecule has 0 spiro atoms. The van der Waals surface area contributed by atoms with E-state index in [0.717, 1.165) is 11.1 Å². The maximum absolute atomic E-state index is 5.27. The summed E-state index contributed by atoms with van der Waals surface area (Å²) >= 11 is 0. The Kier molecular flexibility index (Phi) is 3.62. The Balaban J connectivity index is 2.28. The molecule has 0 saturated heterocycles. The second-order valence-corrected chi connectivity index (χ2v) is 4.05.